The minimum atomic E-state index is -3.36. The summed E-state index contributed by atoms with van der Waals surface area (Å²) in [5, 5.41) is 8.90. The summed E-state index contributed by atoms with van der Waals surface area (Å²) in [5.74, 6) is -0.0682. The van der Waals surface area contributed by atoms with Gasteiger partial charge in [0.2, 0.25) is 10.0 Å². The van der Waals surface area contributed by atoms with E-state index < -0.39 is 10.0 Å². The number of nitrogens with zero attached hydrogens (tertiary/aromatic N) is 2. The van der Waals surface area contributed by atoms with E-state index in [2.05, 4.69) is 0 Å². The zero-order valence-electron chi connectivity index (χ0n) is 13.6. The van der Waals surface area contributed by atoms with Crippen molar-refractivity contribution < 1.29 is 13.2 Å². The molecule has 0 aromatic heterocycles. The van der Waals surface area contributed by atoms with Gasteiger partial charge in [-0.05, 0) is 43.5 Å². The van der Waals surface area contributed by atoms with E-state index in [1.165, 1.54) is 4.31 Å². The quantitative estimate of drug-likeness (QED) is 0.733. The summed E-state index contributed by atoms with van der Waals surface area (Å²) in [6.07, 6.45) is 2.37. The van der Waals surface area contributed by atoms with E-state index in [0.29, 0.717) is 50.2 Å². The topological polar surface area (TPSA) is 96.4 Å². The summed E-state index contributed by atoms with van der Waals surface area (Å²) in [6.45, 7) is 2.20. The highest BCUT2D eigenvalue weighted by molar-refractivity contribution is 7.88. The number of rotatable bonds is 7. The zero-order chi connectivity index (χ0) is 16.7. The molecule has 1 aliphatic rings. The molecule has 0 amide bonds. The van der Waals surface area contributed by atoms with Crippen LogP contribution in [-0.2, 0) is 20.5 Å². The van der Waals surface area contributed by atoms with Crippen LogP contribution in [0.4, 0.5) is 0 Å². The molecule has 1 heterocycles. The molecular formula is C16H24ClN3O3S. The molecular weight excluding hydrogens is 350 g/mol. The van der Waals surface area contributed by atoms with Gasteiger partial charge < -0.3 is 10.5 Å². The number of halogens is 1. The van der Waals surface area contributed by atoms with Crippen LogP contribution in [0.15, 0.2) is 24.3 Å². The molecule has 0 radical (unpaired) electrons. The molecule has 8 heteroatoms. The molecule has 2 rings (SSSR count). The molecule has 1 saturated heterocycles. The van der Waals surface area contributed by atoms with Gasteiger partial charge in [-0.2, -0.15) is 5.26 Å². The van der Waals surface area contributed by atoms with E-state index >= 15 is 0 Å². The van der Waals surface area contributed by atoms with Gasteiger partial charge in [0.25, 0.3) is 0 Å². The Labute approximate surface area is 150 Å². The Kier molecular flexibility index (Phi) is 8.67. The van der Waals surface area contributed by atoms with E-state index in [9.17, 15) is 8.42 Å². The summed E-state index contributed by atoms with van der Waals surface area (Å²) in [5.41, 5.74) is 6.55. The van der Waals surface area contributed by atoms with Gasteiger partial charge in [0, 0.05) is 19.7 Å². The Morgan fingerprint density at radius 1 is 1.33 bits per heavy atom. The second-order valence-electron chi connectivity index (χ2n) is 5.68. The Bertz CT molecular complexity index is 653. The third-order valence-electron chi connectivity index (χ3n) is 3.90. The van der Waals surface area contributed by atoms with Gasteiger partial charge in [0.05, 0.1) is 23.5 Å². The van der Waals surface area contributed by atoms with Gasteiger partial charge in [0.15, 0.2) is 0 Å². The first-order chi connectivity index (χ1) is 11.0. The minimum Gasteiger partial charge on any atom is -0.378 e. The highest BCUT2D eigenvalue weighted by Gasteiger charge is 2.28. The number of nitrogens with two attached hydrogens (primary N) is 1. The number of sulfonamides is 1. The van der Waals surface area contributed by atoms with Gasteiger partial charge >= 0.3 is 0 Å². The molecule has 2 N–H and O–H groups in total. The lowest BCUT2D eigenvalue weighted by molar-refractivity contribution is 0.0208. The molecule has 1 aromatic rings. The van der Waals surface area contributed by atoms with E-state index in [-0.39, 0.29) is 24.3 Å². The molecule has 0 spiro atoms. The number of piperidine rings is 1. The predicted molar refractivity (Wildman–Crippen MR) is 95.2 cm³/mol. The third kappa shape index (κ3) is 6.04. The van der Waals surface area contributed by atoms with Crippen molar-refractivity contribution in [2.75, 3.05) is 26.2 Å². The first-order valence-corrected chi connectivity index (χ1v) is 9.44. The second-order valence-corrected chi connectivity index (χ2v) is 7.65. The summed E-state index contributed by atoms with van der Waals surface area (Å²) < 4.78 is 32.2. The first kappa shape index (κ1) is 20.9. The summed E-state index contributed by atoms with van der Waals surface area (Å²) in [6, 6.07) is 8.77. The van der Waals surface area contributed by atoms with Gasteiger partial charge in [-0.25, -0.2) is 12.7 Å². The number of hydrogen-bond donors (Lipinski definition) is 1. The van der Waals surface area contributed by atoms with Crippen molar-refractivity contribution in [3.05, 3.63) is 35.4 Å². The Morgan fingerprint density at radius 3 is 2.67 bits per heavy atom. The highest BCUT2D eigenvalue weighted by atomic mass is 35.5. The SMILES string of the molecule is Cl.N#Cc1cccc(CS(=O)(=O)N2CCC(OCCCN)CC2)c1. The van der Waals surface area contributed by atoms with Crippen molar-refractivity contribution in [2.45, 2.75) is 31.1 Å². The molecule has 0 saturated carbocycles. The van der Waals surface area contributed by atoms with Crippen molar-refractivity contribution in [3.63, 3.8) is 0 Å². The van der Waals surface area contributed by atoms with Crippen LogP contribution in [0.1, 0.15) is 30.4 Å². The van der Waals surface area contributed by atoms with Crippen molar-refractivity contribution in [2.24, 2.45) is 5.73 Å². The lowest BCUT2D eigenvalue weighted by atomic mass is 10.1. The zero-order valence-corrected chi connectivity index (χ0v) is 15.2. The normalized spacial score (nSPS) is 16.3. The van der Waals surface area contributed by atoms with Gasteiger partial charge in [-0.1, -0.05) is 12.1 Å². The Hall–Kier alpha value is -1.17. The monoisotopic (exact) mass is 373 g/mol. The van der Waals surface area contributed by atoms with Crippen molar-refractivity contribution in [1.29, 1.82) is 5.26 Å². The average Bonchev–Trinajstić information content (AvgIpc) is 2.55. The molecule has 0 unspecified atom stereocenters. The highest BCUT2D eigenvalue weighted by Crippen LogP contribution is 2.20. The van der Waals surface area contributed by atoms with Gasteiger partial charge in [0.1, 0.15) is 0 Å². The van der Waals surface area contributed by atoms with Crippen molar-refractivity contribution in [1.82, 2.24) is 4.31 Å². The lowest BCUT2D eigenvalue weighted by Gasteiger charge is -2.31. The van der Waals surface area contributed by atoms with Crippen LogP contribution in [0.25, 0.3) is 0 Å². The second kappa shape index (κ2) is 9.97. The van der Waals surface area contributed by atoms with Gasteiger partial charge in [-0.15, -0.1) is 12.4 Å². The van der Waals surface area contributed by atoms with E-state index in [1.807, 2.05) is 6.07 Å². The van der Waals surface area contributed by atoms with Crippen LogP contribution >= 0.6 is 12.4 Å². The van der Waals surface area contributed by atoms with Crippen LogP contribution in [0.2, 0.25) is 0 Å². The smallest absolute Gasteiger partial charge is 0.218 e. The number of nitriles is 1. The van der Waals surface area contributed by atoms with Crippen LogP contribution in [-0.4, -0.2) is 45.1 Å². The molecule has 0 aliphatic carbocycles. The van der Waals surface area contributed by atoms with E-state index in [1.54, 1.807) is 24.3 Å². The van der Waals surface area contributed by atoms with E-state index in [0.717, 1.165) is 6.42 Å². The molecule has 0 atom stereocenters. The molecule has 134 valence electrons. The molecule has 0 bridgehead atoms. The number of ether oxygens (including phenoxy) is 1. The van der Waals surface area contributed by atoms with E-state index in [4.69, 9.17) is 15.7 Å². The van der Waals surface area contributed by atoms with Gasteiger partial charge in [-0.3, -0.25) is 0 Å². The molecule has 24 heavy (non-hydrogen) atoms. The predicted octanol–water partition coefficient (Wildman–Crippen LogP) is 1.64. The van der Waals surface area contributed by atoms with Crippen molar-refractivity contribution >= 4 is 22.4 Å². The maximum Gasteiger partial charge on any atom is 0.218 e. The molecule has 6 nitrogen and oxygen atoms in total. The number of hydrogen-bond acceptors (Lipinski definition) is 5. The van der Waals surface area contributed by atoms with Crippen LogP contribution in [0, 0.1) is 11.3 Å². The Morgan fingerprint density at radius 2 is 2.04 bits per heavy atom. The van der Waals surface area contributed by atoms with Crippen LogP contribution in [0.3, 0.4) is 0 Å². The largest absolute Gasteiger partial charge is 0.378 e. The minimum absolute atomic E-state index is 0. The average molecular weight is 374 g/mol. The fourth-order valence-corrected chi connectivity index (χ4v) is 4.19. The third-order valence-corrected chi connectivity index (χ3v) is 5.75. The van der Waals surface area contributed by atoms with Crippen LogP contribution < -0.4 is 5.73 Å². The molecule has 1 aliphatic heterocycles. The van der Waals surface area contributed by atoms with Crippen molar-refractivity contribution in [3.8, 4) is 6.07 Å². The summed E-state index contributed by atoms with van der Waals surface area (Å²) in [4.78, 5) is 0. The lowest BCUT2D eigenvalue weighted by Crippen LogP contribution is -2.41. The number of benzene rings is 1. The summed E-state index contributed by atoms with van der Waals surface area (Å²) in [7, 11) is -3.36. The Balaban J connectivity index is 0.00000288. The maximum atomic E-state index is 12.5. The fourth-order valence-electron chi connectivity index (χ4n) is 2.64. The molecule has 1 aromatic carbocycles. The van der Waals surface area contributed by atoms with Crippen LogP contribution in [0.5, 0.6) is 0 Å². The standard InChI is InChI=1S/C16H23N3O3S.ClH/c17-7-2-10-22-16-5-8-19(9-6-16)23(20,21)13-15-4-1-3-14(11-15)12-18;/h1,3-4,11,16H,2,5-10,13,17H2;1H. The summed E-state index contributed by atoms with van der Waals surface area (Å²) >= 11 is 0. The first-order valence-electron chi connectivity index (χ1n) is 7.83. The maximum absolute atomic E-state index is 12.5. The molecule has 1 fully saturated rings. The fraction of sp³-hybridized carbons (Fsp3) is 0.562.